The monoisotopic (exact) mass is 375 g/mol. The van der Waals surface area contributed by atoms with Gasteiger partial charge in [0, 0.05) is 18.1 Å². The number of carbonyl (C=O) groups is 2. The second-order valence-electron chi connectivity index (χ2n) is 6.71. The maximum absolute atomic E-state index is 11.9. The van der Waals surface area contributed by atoms with Crippen molar-refractivity contribution in [3.8, 4) is 0 Å². The van der Waals surface area contributed by atoms with Gasteiger partial charge in [-0.15, -0.1) is 0 Å². The van der Waals surface area contributed by atoms with Gasteiger partial charge < -0.3 is 0 Å². The molecule has 7 nitrogen and oxygen atoms in total. The fraction of sp³-hybridized carbons (Fsp3) is 0.700. The normalized spacial score (nSPS) is 19.6. The summed E-state index contributed by atoms with van der Waals surface area (Å²) in [5.74, 6) is 0.660. The van der Waals surface area contributed by atoms with Crippen LogP contribution in [0.15, 0.2) is 20.0 Å². The van der Waals surface area contributed by atoms with Gasteiger partial charge in [0.2, 0.25) is 5.91 Å². The van der Waals surface area contributed by atoms with Gasteiger partial charge in [0.1, 0.15) is 31.7 Å². The molecule has 0 bridgehead atoms. The van der Waals surface area contributed by atoms with Crippen molar-refractivity contribution in [3.05, 3.63) is 0 Å². The van der Waals surface area contributed by atoms with Crippen LogP contribution in [0.25, 0.3) is 0 Å². The Labute approximate surface area is 162 Å². The average Bonchev–Trinajstić information content (AvgIpc) is 3.25. The number of ketones is 1. The molecule has 0 aromatic carbocycles. The number of hydrogen-bond acceptors (Lipinski definition) is 6. The van der Waals surface area contributed by atoms with Crippen molar-refractivity contribution in [3.63, 3.8) is 0 Å². The lowest BCUT2D eigenvalue weighted by Gasteiger charge is -2.22. The molecule has 2 aliphatic heterocycles. The van der Waals surface area contributed by atoms with Crippen molar-refractivity contribution in [2.75, 3.05) is 6.67 Å². The molecule has 0 spiro atoms. The molecule has 3 atom stereocenters. The van der Waals surface area contributed by atoms with Crippen LogP contribution in [0.2, 0.25) is 0 Å². The SMILES string of the molecule is CCCC(CC)C(=O)C1C=NC=N1.CCCC(CC)C(=O)N1C=NC=NC1. The molecule has 27 heavy (non-hydrogen) atoms. The van der Waals surface area contributed by atoms with E-state index in [1.54, 1.807) is 17.5 Å². The molecule has 0 saturated carbocycles. The molecule has 0 radical (unpaired) electrons. The van der Waals surface area contributed by atoms with E-state index >= 15 is 0 Å². The zero-order chi connectivity index (χ0) is 20.1. The molecule has 3 unspecified atom stereocenters. The molecule has 0 N–H and O–H groups in total. The molecule has 2 aliphatic rings. The van der Waals surface area contributed by atoms with Crippen LogP contribution in [0, 0.1) is 11.8 Å². The summed E-state index contributed by atoms with van der Waals surface area (Å²) < 4.78 is 0. The van der Waals surface area contributed by atoms with Gasteiger partial charge in [-0.2, -0.15) is 0 Å². The van der Waals surface area contributed by atoms with Gasteiger partial charge >= 0.3 is 0 Å². The van der Waals surface area contributed by atoms with E-state index < -0.39 is 0 Å². The molecule has 0 aromatic heterocycles. The minimum atomic E-state index is -0.295. The Morgan fingerprint density at radius 3 is 2.15 bits per heavy atom. The van der Waals surface area contributed by atoms with E-state index in [1.807, 2.05) is 13.8 Å². The van der Waals surface area contributed by atoms with Crippen molar-refractivity contribution >= 4 is 36.9 Å². The van der Waals surface area contributed by atoms with E-state index in [0.717, 1.165) is 38.5 Å². The Hall–Kier alpha value is -2.18. The predicted molar refractivity (Wildman–Crippen MR) is 112 cm³/mol. The first-order valence-corrected chi connectivity index (χ1v) is 9.99. The third-order valence-electron chi connectivity index (χ3n) is 4.70. The van der Waals surface area contributed by atoms with E-state index in [2.05, 4.69) is 33.8 Å². The number of Topliss-reactive ketones (excluding diaryl/α,β-unsaturated/α-hetero) is 1. The number of amides is 1. The zero-order valence-electron chi connectivity index (χ0n) is 17.0. The van der Waals surface area contributed by atoms with Gasteiger partial charge in [0.15, 0.2) is 5.78 Å². The van der Waals surface area contributed by atoms with Crippen LogP contribution in [-0.4, -0.2) is 54.5 Å². The Morgan fingerprint density at radius 1 is 1.00 bits per heavy atom. The van der Waals surface area contributed by atoms with Crippen LogP contribution < -0.4 is 0 Å². The van der Waals surface area contributed by atoms with Gasteiger partial charge in [-0.1, -0.05) is 40.5 Å². The minimum absolute atomic E-state index is 0.125. The first-order chi connectivity index (χ1) is 13.1. The van der Waals surface area contributed by atoms with Gasteiger partial charge in [-0.3, -0.25) is 24.5 Å². The zero-order valence-corrected chi connectivity index (χ0v) is 17.0. The number of hydrogen-bond donors (Lipinski definition) is 0. The predicted octanol–water partition coefficient (Wildman–Crippen LogP) is 3.53. The highest BCUT2D eigenvalue weighted by atomic mass is 16.2. The second kappa shape index (κ2) is 13.1. The van der Waals surface area contributed by atoms with Gasteiger partial charge in [-0.25, -0.2) is 9.98 Å². The van der Waals surface area contributed by atoms with Crippen LogP contribution in [0.1, 0.15) is 66.2 Å². The largest absolute Gasteiger partial charge is 0.297 e. The van der Waals surface area contributed by atoms with Crippen LogP contribution in [-0.2, 0) is 9.59 Å². The van der Waals surface area contributed by atoms with E-state index in [4.69, 9.17) is 0 Å². The topological polar surface area (TPSA) is 86.8 Å². The third-order valence-corrected chi connectivity index (χ3v) is 4.70. The third kappa shape index (κ3) is 7.53. The molecule has 2 rings (SSSR count). The van der Waals surface area contributed by atoms with E-state index in [-0.39, 0.29) is 29.6 Å². The average molecular weight is 376 g/mol. The van der Waals surface area contributed by atoms with Gasteiger partial charge in [0.05, 0.1) is 0 Å². The fourth-order valence-corrected chi connectivity index (χ4v) is 3.08. The first-order valence-electron chi connectivity index (χ1n) is 9.99. The molecule has 0 aromatic rings. The molecule has 150 valence electrons. The fourth-order valence-electron chi connectivity index (χ4n) is 3.08. The number of aliphatic imine (C=N–C) groups is 4. The quantitative estimate of drug-likeness (QED) is 0.617. The summed E-state index contributed by atoms with van der Waals surface area (Å²) in [6.07, 6.45) is 11.9. The standard InChI is InChI=1S/C10H17N3O.C10H16N2O/c1-3-5-9(4-2)10(14)13-7-11-6-12-8-13;1-3-5-8(4-2)10(13)9-6-11-7-12-9/h6-7,9H,3-5,8H2,1-2H3;6-9H,3-5H2,1-2H3. The summed E-state index contributed by atoms with van der Waals surface area (Å²) in [4.78, 5) is 40.8. The Bertz CT molecular complexity index is 571. The van der Waals surface area contributed by atoms with Gasteiger partial charge in [0.25, 0.3) is 0 Å². The molecule has 0 fully saturated rings. The number of rotatable bonds is 9. The van der Waals surface area contributed by atoms with Crippen molar-refractivity contribution in [2.24, 2.45) is 31.8 Å². The van der Waals surface area contributed by atoms with Gasteiger partial charge in [-0.05, 0) is 25.7 Å². The smallest absolute Gasteiger partial charge is 0.232 e. The summed E-state index contributed by atoms with van der Waals surface area (Å²) in [6, 6.07) is -0.295. The summed E-state index contributed by atoms with van der Waals surface area (Å²) in [5, 5.41) is 0. The first kappa shape index (κ1) is 22.9. The lowest BCUT2D eigenvalue weighted by Crippen LogP contribution is -2.36. The second-order valence-corrected chi connectivity index (χ2v) is 6.71. The molecule has 0 saturated heterocycles. The number of carbonyl (C=O) groups excluding carboxylic acids is 2. The summed E-state index contributed by atoms with van der Waals surface area (Å²) in [7, 11) is 0. The molecular formula is C20H33N5O2. The van der Waals surface area contributed by atoms with Crippen molar-refractivity contribution in [1.82, 2.24) is 4.90 Å². The molecule has 0 aliphatic carbocycles. The molecular weight excluding hydrogens is 342 g/mol. The number of nitrogens with zero attached hydrogens (tertiary/aromatic N) is 5. The van der Waals surface area contributed by atoms with E-state index in [9.17, 15) is 9.59 Å². The summed E-state index contributed by atoms with van der Waals surface area (Å²) in [5.41, 5.74) is 0. The highest BCUT2D eigenvalue weighted by molar-refractivity contribution is 6.05. The van der Waals surface area contributed by atoms with Crippen molar-refractivity contribution < 1.29 is 9.59 Å². The summed E-state index contributed by atoms with van der Waals surface area (Å²) in [6.45, 7) is 8.71. The lowest BCUT2D eigenvalue weighted by molar-refractivity contribution is -0.131. The minimum Gasteiger partial charge on any atom is -0.297 e. The lowest BCUT2D eigenvalue weighted by atomic mass is 9.92. The van der Waals surface area contributed by atoms with Crippen LogP contribution >= 0.6 is 0 Å². The van der Waals surface area contributed by atoms with Crippen molar-refractivity contribution in [1.29, 1.82) is 0 Å². The Kier molecular flexibility index (Phi) is 11.1. The van der Waals surface area contributed by atoms with Crippen molar-refractivity contribution in [2.45, 2.75) is 72.3 Å². The Balaban J connectivity index is 0.000000271. The molecule has 2 heterocycles. The molecule has 7 heteroatoms. The van der Waals surface area contributed by atoms with Crippen LogP contribution in [0.3, 0.4) is 0 Å². The maximum atomic E-state index is 11.9. The maximum Gasteiger partial charge on any atom is 0.232 e. The Morgan fingerprint density at radius 2 is 1.67 bits per heavy atom. The van der Waals surface area contributed by atoms with Crippen LogP contribution in [0.5, 0.6) is 0 Å². The molecule has 1 amide bonds. The summed E-state index contributed by atoms with van der Waals surface area (Å²) >= 11 is 0. The van der Waals surface area contributed by atoms with E-state index in [0.29, 0.717) is 6.67 Å². The highest BCUT2D eigenvalue weighted by Gasteiger charge is 2.24. The van der Waals surface area contributed by atoms with Crippen LogP contribution in [0.4, 0.5) is 0 Å². The van der Waals surface area contributed by atoms with E-state index in [1.165, 1.54) is 12.7 Å². The highest BCUT2D eigenvalue weighted by Crippen LogP contribution is 2.16.